The average Bonchev–Trinajstić information content (AvgIpc) is 3.05. The van der Waals surface area contributed by atoms with Gasteiger partial charge in [0.15, 0.2) is 0 Å². The molecule has 0 bridgehead atoms. The number of benzene rings is 2. The van der Waals surface area contributed by atoms with Crippen LogP contribution in [0.2, 0.25) is 0 Å². The molecule has 1 amide bonds. The van der Waals surface area contributed by atoms with Crippen molar-refractivity contribution in [3.05, 3.63) is 53.7 Å². The SMILES string of the molecule is CC.COc1ccccc1-c1cc(C)cc2[nH]c(C(=O)N(C)C)cc12. The average molecular weight is 338 g/mol. The number of nitrogens with zero attached hydrogens (tertiary/aromatic N) is 1. The Labute approximate surface area is 149 Å². The quantitative estimate of drug-likeness (QED) is 0.740. The highest BCUT2D eigenvalue weighted by atomic mass is 16.5. The molecule has 0 fully saturated rings. The Bertz CT molecular complexity index is 879. The number of rotatable bonds is 3. The second-order valence-electron chi connectivity index (χ2n) is 5.86. The van der Waals surface area contributed by atoms with Crippen LogP contribution in [-0.4, -0.2) is 37.0 Å². The first-order valence-corrected chi connectivity index (χ1v) is 8.49. The lowest BCUT2D eigenvalue weighted by Gasteiger charge is -2.10. The molecular weight excluding hydrogens is 312 g/mol. The fourth-order valence-electron chi connectivity index (χ4n) is 2.83. The molecule has 2 aromatic carbocycles. The van der Waals surface area contributed by atoms with Gasteiger partial charge in [-0.1, -0.05) is 38.1 Å². The molecule has 0 spiro atoms. The number of methoxy groups -OCH3 is 1. The number of para-hydroxylation sites is 1. The molecule has 25 heavy (non-hydrogen) atoms. The van der Waals surface area contributed by atoms with Crippen molar-refractivity contribution in [3.8, 4) is 16.9 Å². The number of carbonyl (C=O) groups is 1. The maximum Gasteiger partial charge on any atom is 0.269 e. The molecule has 1 heterocycles. The van der Waals surface area contributed by atoms with Crippen molar-refractivity contribution >= 4 is 16.8 Å². The number of hydrogen-bond acceptors (Lipinski definition) is 2. The highest BCUT2D eigenvalue weighted by Crippen LogP contribution is 2.36. The van der Waals surface area contributed by atoms with E-state index in [1.54, 1.807) is 26.1 Å². The summed E-state index contributed by atoms with van der Waals surface area (Å²) in [5.41, 5.74) is 4.75. The van der Waals surface area contributed by atoms with Crippen LogP contribution in [0.3, 0.4) is 0 Å². The Morgan fingerprint density at radius 3 is 2.36 bits per heavy atom. The van der Waals surface area contributed by atoms with Gasteiger partial charge in [-0.2, -0.15) is 0 Å². The van der Waals surface area contributed by atoms with Crippen LogP contribution in [0.4, 0.5) is 0 Å². The van der Waals surface area contributed by atoms with Gasteiger partial charge in [-0.25, -0.2) is 0 Å². The predicted molar refractivity (Wildman–Crippen MR) is 104 cm³/mol. The Hall–Kier alpha value is -2.75. The number of carbonyl (C=O) groups excluding carboxylic acids is 1. The van der Waals surface area contributed by atoms with E-state index in [1.165, 1.54) is 0 Å². The lowest BCUT2D eigenvalue weighted by molar-refractivity contribution is 0.0823. The minimum absolute atomic E-state index is 0.0372. The summed E-state index contributed by atoms with van der Waals surface area (Å²) in [5, 5.41) is 1.02. The van der Waals surface area contributed by atoms with Gasteiger partial charge in [0.2, 0.25) is 0 Å². The lowest BCUT2D eigenvalue weighted by atomic mass is 9.98. The molecule has 0 saturated heterocycles. The zero-order valence-corrected chi connectivity index (χ0v) is 15.8. The van der Waals surface area contributed by atoms with Gasteiger partial charge in [0.25, 0.3) is 5.91 Å². The minimum Gasteiger partial charge on any atom is -0.496 e. The summed E-state index contributed by atoms with van der Waals surface area (Å²) in [7, 11) is 5.17. The smallest absolute Gasteiger partial charge is 0.269 e. The van der Waals surface area contributed by atoms with E-state index < -0.39 is 0 Å². The molecule has 1 N–H and O–H groups in total. The normalized spacial score (nSPS) is 10.2. The van der Waals surface area contributed by atoms with Gasteiger partial charge in [0, 0.05) is 30.6 Å². The van der Waals surface area contributed by atoms with Gasteiger partial charge in [0.1, 0.15) is 11.4 Å². The Morgan fingerprint density at radius 2 is 1.72 bits per heavy atom. The molecule has 3 rings (SSSR count). The van der Waals surface area contributed by atoms with E-state index in [9.17, 15) is 4.79 Å². The topological polar surface area (TPSA) is 45.3 Å². The largest absolute Gasteiger partial charge is 0.496 e. The van der Waals surface area contributed by atoms with Gasteiger partial charge < -0.3 is 14.6 Å². The number of aromatic nitrogens is 1. The van der Waals surface area contributed by atoms with Gasteiger partial charge in [-0.05, 0) is 36.2 Å². The van der Waals surface area contributed by atoms with Gasteiger partial charge >= 0.3 is 0 Å². The maximum absolute atomic E-state index is 12.2. The zero-order valence-electron chi connectivity index (χ0n) is 15.8. The van der Waals surface area contributed by atoms with Crippen LogP contribution in [-0.2, 0) is 0 Å². The Morgan fingerprint density at radius 1 is 1.04 bits per heavy atom. The Balaban J connectivity index is 0.00000109. The first-order chi connectivity index (χ1) is 12.0. The van der Waals surface area contributed by atoms with Gasteiger partial charge in [0.05, 0.1) is 7.11 Å². The standard InChI is InChI=1S/C19H20N2O2.C2H6/c1-12-9-14(13-7-5-6-8-18(13)23-4)15-11-17(19(22)21(2)3)20-16(15)10-12;1-2/h5-11,20H,1-4H3;1-2H3. The fourth-order valence-corrected chi connectivity index (χ4v) is 2.83. The second kappa shape index (κ2) is 7.88. The van der Waals surface area contributed by atoms with Crippen LogP contribution in [0, 0.1) is 6.92 Å². The number of fused-ring (bicyclic) bond motifs is 1. The first kappa shape index (κ1) is 18.6. The molecule has 0 aliphatic rings. The predicted octanol–water partition coefficient (Wildman–Crippen LogP) is 4.88. The third-order valence-electron chi connectivity index (χ3n) is 3.92. The van der Waals surface area contributed by atoms with Crippen molar-refractivity contribution in [2.24, 2.45) is 0 Å². The molecule has 3 aromatic rings. The molecule has 0 atom stereocenters. The van der Waals surface area contributed by atoms with Crippen LogP contribution in [0.25, 0.3) is 22.0 Å². The van der Waals surface area contributed by atoms with E-state index in [1.807, 2.05) is 51.1 Å². The number of amides is 1. The molecule has 0 saturated carbocycles. The van der Waals surface area contributed by atoms with E-state index in [-0.39, 0.29) is 5.91 Å². The molecule has 0 aliphatic carbocycles. The fraction of sp³-hybridized carbons (Fsp3) is 0.286. The number of aryl methyl sites for hydroxylation is 1. The molecule has 0 radical (unpaired) electrons. The van der Waals surface area contributed by atoms with Gasteiger partial charge in [-0.3, -0.25) is 4.79 Å². The first-order valence-electron chi connectivity index (χ1n) is 8.49. The summed E-state index contributed by atoms with van der Waals surface area (Å²) < 4.78 is 5.50. The van der Waals surface area contributed by atoms with E-state index in [4.69, 9.17) is 4.74 Å². The summed E-state index contributed by atoms with van der Waals surface area (Å²) in [4.78, 5) is 17.0. The third-order valence-corrected chi connectivity index (χ3v) is 3.92. The third kappa shape index (κ3) is 3.68. The highest BCUT2D eigenvalue weighted by Gasteiger charge is 2.16. The molecular formula is C21H26N2O2. The highest BCUT2D eigenvalue weighted by molar-refractivity contribution is 6.03. The summed E-state index contributed by atoms with van der Waals surface area (Å²) >= 11 is 0. The lowest BCUT2D eigenvalue weighted by Crippen LogP contribution is -2.21. The van der Waals surface area contributed by atoms with Crippen LogP contribution >= 0.6 is 0 Å². The second-order valence-corrected chi connectivity index (χ2v) is 5.86. The molecule has 0 unspecified atom stereocenters. The molecule has 0 aliphatic heterocycles. The van der Waals surface area contributed by atoms with Crippen molar-refractivity contribution in [2.75, 3.05) is 21.2 Å². The summed E-state index contributed by atoms with van der Waals surface area (Å²) in [6, 6.07) is 14.0. The molecule has 1 aromatic heterocycles. The van der Waals surface area contributed by atoms with Crippen LogP contribution in [0.1, 0.15) is 29.9 Å². The summed E-state index contributed by atoms with van der Waals surface area (Å²) in [6.07, 6.45) is 0. The summed E-state index contributed by atoms with van der Waals surface area (Å²) in [5.74, 6) is 0.783. The van der Waals surface area contributed by atoms with Crippen LogP contribution in [0.15, 0.2) is 42.5 Å². The number of nitrogens with one attached hydrogen (secondary N) is 1. The van der Waals surface area contributed by atoms with E-state index in [0.717, 1.165) is 33.3 Å². The molecule has 4 nitrogen and oxygen atoms in total. The van der Waals surface area contributed by atoms with Crippen molar-refractivity contribution in [3.63, 3.8) is 0 Å². The maximum atomic E-state index is 12.2. The van der Waals surface area contributed by atoms with Crippen molar-refractivity contribution < 1.29 is 9.53 Å². The molecule has 132 valence electrons. The zero-order chi connectivity index (χ0) is 18.6. The van der Waals surface area contributed by atoms with Crippen molar-refractivity contribution in [2.45, 2.75) is 20.8 Å². The monoisotopic (exact) mass is 338 g/mol. The Kier molecular flexibility index (Phi) is 5.86. The minimum atomic E-state index is -0.0372. The summed E-state index contributed by atoms with van der Waals surface area (Å²) in [6.45, 7) is 6.05. The molecule has 4 heteroatoms. The van der Waals surface area contributed by atoms with Crippen LogP contribution < -0.4 is 4.74 Å². The van der Waals surface area contributed by atoms with E-state index >= 15 is 0 Å². The van der Waals surface area contributed by atoms with E-state index in [0.29, 0.717) is 5.69 Å². The van der Waals surface area contributed by atoms with Crippen molar-refractivity contribution in [1.29, 1.82) is 0 Å². The van der Waals surface area contributed by atoms with Crippen LogP contribution in [0.5, 0.6) is 5.75 Å². The van der Waals surface area contributed by atoms with Crippen molar-refractivity contribution in [1.82, 2.24) is 9.88 Å². The van der Waals surface area contributed by atoms with E-state index in [2.05, 4.69) is 17.1 Å². The number of hydrogen-bond donors (Lipinski definition) is 1. The van der Waals surface area contributed by atoms with Gasteiger partial charge in [-0.15, -0.1) is 0 Å². The number of aromatic amines is 1. The number of H-pyrrole nitrogens is 1. The number of ether oxygens (including phenoxy) is 1.